The molecule has 0 aliphatic rings. The fourth-order valence-corrected chi connectivity index (χ4v) is 3.08. The molecule has 2 rings (SSSR count). The minimum atomic E-state index is -0.328. The largest absolute Gasteiger partial charge is 0.494 e. The van der Waals surface area contributed by atoms with Gasteiger partial charge in [-0.15, -0.1) is 0 Å². The maximum absolute atomic E-state index is 12.5. The van der Waals surface area contributed by atoms with Gasteiger partial charge in [0.1, 0.15) is 5.75 Å². The lowest BCUT2D eigenvalue weighted by molar-refractivity contribution is -0.139. The number of hydrogen-bond donors (Lipinski definition) is 1. The second-order valence-electron chi connectivity index (χ2n) is 7.96. The third kappa shape index (κ3) is 9.38. The summed E-state index contributed by atoms with van der Waals surface area (Å²) in [5.74, 6) is 0.285. The standard InChI is InChI=1S/C27H35NO4/c1-4-5-10-22-11-15-24(16-12-22)28-26(29)23-13-17-25(18-14-23)31-19-8-6-7-9-20-32-27(30)21(2)3/h11-18H,2,4-10,19-20H2,1,3H3,(H,28,29). The van der Waals surface area contributed by atoms with Crippen molar-refractivity contribution in [1.29, 1.82) is 0 Å². The number of esters is 1. The van der Waals surface area contributed by atoms with Crippen molar-refractivity contribution in [2.75, 3.05) is 18.5 Å². The molecule has 0 fully saturated rings. The summed E-state index contributed by atoms with van der Waals surface area (Å²) >= 11 is 0. The van der Waals surface area contributed by atoms with Crippen LogP contribution in [0.2, 0.25) is 0 Å². The summed E-state index contributed by atoms with van der Waals surface area (Å²) in [4.78, 5) is 23.7. The number of carbonyl (C=O) groups is 2. The summed E-state index contributed by atoms with van der Waals surface area (Å²) in [5, 5.41) is 2.93. The van der Waals surface area contributed by atoms with Crippen molar-refractivity contribution in [1.82, 2.24) is 0 Å². The normalized spacial score (nSPS) is 10.4. The summed E-state index contributed by atoms with van der Waals surface area (Å²) in [6.45, 7) is 8.42. The van der Waals surface area contributed by atoms with Crippen LogP contribution in [0, 0.1) is 0 Å². The lowest BCUT2D eigenvalue weighted by Gasteiger charge is -2.09. The molecule has 0 atom stereocenters. The van der Waals surface area contributed by atoms with Crippen LogP contribution in [0.15, 0.2) is 60.7 Å². The van der Waals surface area contributed by atoms with Crippen LogP contribution in [0.3, 0.4) is 0 Å². The third-order valence-electron chi connectivity index (χ3n) is 5.04. The molecule has 0 spiro atoms. The van der Waals surface area contributed by atoms with Crippen LogP contribution in [0.25, 0.3) is 0 Å². The van der Waals surface area contributed by atoms with Crippen molar-refractivity contribution in [3.8, 4) is 5.75 Å². The second kappa shape index (κ2) is 14.1. The Bertz CT molecular complexity index is 856. The third-order valence-corrected chi connectivity index (χ3v) is 5.04. The SMILES string of the molecule is C=C(C)C(=O)OCCCCCCOc1ccc(C(=O)Nc2ccc(CCCC)cc2)cc1. The fourth-order valence-electron chi connectivity index (χ4n) is 3.08. The van der Waals surface area contributed by atoms with Crippen LogP contribution in [0.1, 0.15) is 68.3 Å². The van der Waals surface area contributed by atoms with Gasteiger partial charge in [0, 0.05) is 16.8 Å². The summed E-state index contributed by atoms with van der Waals surface area (Å²) in [6.07, 6.45) is 7.15. The topological polar surface area (TPSA) is 64.6 Å². The van der Waals surface area contributed by atoms with E-state index in [1.54, 1.807) is 19.1 Å². The van der Waals surface area contributed by atoms with Gasteiger partial charge >= 0.3 is 5.97 Å². The number of benzene rings is 2. The maximum Gasteiger partial charge on any atom is 0.333 e. The molecule has 172 valence electrons. The predicted octanol–water partition coefficient (Wildman–Crippen LogP) is 6.34. The number of nitrogens with one attached hydrogen (secondary N) is 1. The highest BCUT2D eigenvalue weighted by atomic mass is 16.5. The Hall–Kier alpha value is -3.08. The van der Waals surface area contributed by atoms with Crippen molar-refractivity contribution < 1.29 is 19.1 Å². The predicted molar refractivity (Wildman–Crippen MR) is 129 cm³/mol. The van der Waals surface area contributed by atoms with E-state index in [1.165, 1.54) is 18.4 Å². The maximum atomic E-state index is 12.5. The van der Waals surface area contributed by atoms with E-state index < -0.39 is 0 Å². The second-order valence-corrected chi connectivity index (χ2v) is 7.96. The van der Waals surface area contributed by atoms with Gasteiger partial charge in [-0.25, -0.2) is 4.79 Å². The van der Waals surface area contributed by atoms with E-state index in [-0.39, 0.29) is 11.9 Å². The fraction of sp³-hybridized carbons (Fsp3) is 0.407. The number of amides is 1. The Kier molecular flexibility index (Phi) is 11.1. The zero-order chi connectivity index (χ0) is 23.2. The molecule has 0 saturated heterocycles. The van der Waals surface area contributed by atoms with Crippen molar-refractivity contribution in [2.45, 2.75) is 58.8 Å². The molecule has 0 saturated carbocycles. The van der Waals surface area contributed by atoms with Gasteiger partial charge < -0.3 is 14.8 Å². The van der Waals surface area contributed by atoms with Crippen LogP contribution in [0.4, 0.5) is 5.69 Å². The van der Waals surface area contributed by atoms with Gasteiger partial charge in [0.25, 0.3) is 5.91 Å². The van der Waals surface area contributed by atoms with E-state index in [4.69, 9.17) is 9.47 Å². The molecule has 0 unspecified atom stereocenters. The van der Waals surface area contributed by atoms with E-state index in [0.29, 0.717) is 24.4 Å². The smallest absolute Gasteiger partial charge is 0.333 e. The summed E-state index contributed by atoms with van der Waals surface area (Å²) in [6, 6.07) is 15.2. The number of carbonyl (C=O) groups excluding carboxylic acids is 2. The molecular formula is C27H35NO4. The molecule has 0 aliphatic carbocycles. The lowest BCUT2D eigenvalue weighted by atomic mass is 10.1. The molecule has 1 amide bonds. The molecule has 0 radical (unpaired) electrons. The monoisotopic (exact) mass is 437 g/mol. The van der Waals surface area contributed by atoms with Gasteiger partial charge in [-0.2, -0.15) is 0 Å². The van der Waals surface area contributed by atoms with E-state index >= 15 is 0 Å². The van der Waals surface area contributed by atoms with Crippen molar-refractivity contribution >= 4 is 17.6 Å². The Labute approximate surface area is 191 Å². The molecule has 5 nitrogen and oxygen atoms in total. The molecule has 2 aromatic rings. The molecule has 32 heavy (non-hydrogen) atoms. The van der Waals surface area contributed by atoms with Crippen molar-refractivity contribution in [2.24, 2.45) is 0 Å². The Morgan fingerprint density at radius 1 is 0.875 bits per heavy atom. The zero-order valence-corrected chi connectivity index (χ0v) is 19.3. The van der Waals surface area contributed by atoms with Crippen LogP contribution in [-0.2, 0) is 16.0 Å². The van der Waals surface area contributed by atoms with Gasteiger partial charge in [0.05, 0.1) is 13.2 Å². The average molecular weight is 438 g/mol. The zero-order valence-electron chi connectivity index (χ0n) is 19.3. The van der Waals surface area contributed by atoms with Crippen LogP contribution >= 0.6 is 0 Å². The minimum absolute atomic E-state index is 0.134. The van der Waals surface area contributed by atoms with E-state index in [2.05, 4.69) is 31.0 Å². The molecule has 5 heteroatoms. The molecule has 0 heterocycles. The first kappa shape index (κ1) is 25.2. The summed E-state index contributed by atoms with van der Waals surface area (Å²) in [5.41, 5.74) is 3.11. The Morgan fingerprint density at radius 3 is 2.16 bits per heavy atom. The molecular weight excluding hydrogens is 402 g/mol. The number of anilines is 1. The van der Waals surface area contributed by atoms with Gasteiger partial charge in [-0.05, 0) is 87.4 Å². The highest BCUT2D eigenvalue weighted by molar-refractivity contribution is 6.04. The van der Waals surface area contributed by atoms with Gasteiger partial charge in [-0.3, -0.25) is 4.79 Å². The van der Waals surface area contributed by atoms with Crippen LogP contribution in [0.5, 0.6) is 5.75 Å². The molecule has 2 aromatic carbocycles. The van der Waals surface area contributed by atoms with E-state index in [0.717, 1.165) is 43.5 Å². The number of rotatable bonds is 14. The molecule has 0 aromatic heterocycles. The molecule has 0 aliphatic heterocycles. The first-order chi connectivity index (χ1) is 15.5. The van der Waals surface area contributed by atoms with Crippen molar-refractivity contribution in [3.05, 3.63) is 71.8 Å². The molecule has 0 bridgehead atoms. The quantitative estimate of drug-likeness (QED) is 0.213. The van der Waals surface area contributed by atoms with Gasteiger partial charge in [0.2, 0.25) is 0 Å². The Balaban J connectivity index is 1.64. The number of ether oxygens (including phenoxy) is 2. The first-order valence-corrected chi connectivity index (χ1v) is 11.5. The first-order valence-electron chi connectivity index (χ1n) is 11.5. The Morgan fingerprint density at radius 2 is 1.53 bits per heavy atom. The van der Waals surface area contributed by atoms with Gasteiger partial charge in [-0.1, -0.05) is 32.1 Å². The van der Waals surface area contributed by atoms with Crippen molar-refractivity contribution in [3.63, 3.8) is 0 Å². The van der Waals surface area contributed by atoms with E-state index in [1.807, 2.05) is 24.3 Å². The highest BCUT2D eigenvalue weighted by Gasteiger charge is 2.07. The molecule has 1 N–H and O–H groups in total. The van der Waals surface area contributed by atoms with Crippen LogP contribution in [-0.4, -0.2) is 25.1 Å². The summed E-state index contributed by atoms with van der Waals surface area (Å²) in [7, 11) is 0. The van der Waals surface area contributed by atoms with E-state index in [9.17, 15) is 9.59 Å². The number of unbranched alkanes of at least 4 members (excludes halogenated alkanes) is 4. The highest BCUT2D eigenvalue weighted by Crippen LogP contribution is 2.16. The lowest BCUT2D eigenvalue weighted by Crippen LogP contribution is -2.11. The van der Waals surface area contributed by atoms with Crippen LogP contribution < -0.4 is 10.1 Å². The number of aryl methyl sites for hydroxylation is 1. The average Bonchev–Trinajstić information content (AvgIpc) is 2.80. The summed E-state index contributed by atoms with van der Waals surface area (Å²) < 4.78 is 10.8. The van der Waals surface area contributed by atoms with Gasteiger partial charge in [0.15, 0.2) is 0 Å². The number of hydrogen-bond acceptors (Lipinski definition) is 4. The minimum Gasteiger partial charge on any atom is -0.494 e.